The molecule has 0 radical (unpaired) electrons. The van der Waals surface area contributed by atoms with E-state index in [1.165, 1.54) is 0 Å². The summed E-state index contributed by atoms with van der Waals surface area (Å²) >= 11 is 6.16. The molecular weight excluding hydrogens is 400 g/mol. The third-order valence-electron chi connectivity index (χ3n) is 5.30. The SMILES string of the molecule is Cc1ccc(NC(=O)CNC(=O)c2nn(-c3ccccc3C)c3c2CCC3)c(Cl)c1. The van der Waals surface area contributed by atoms with Crippen LogP contribution in [0.2, 0.25) is 5.02 Å². The number of nitrogens with zero attached hydrogens (tertiary/aromatic N) is 2. The number of aryl methyl sites for hydroxylation is 2. The highest BCUT2D eigenvalue weighted by Crippen LogP contribution is 2.29. The standard InChI is InChI=1S/C23H23ClN4O2/c1-14-10-11-18(17(24)12-14)26-21(29)13-25-23(30)22-16-7-5-9-20(16)28(27-22)19-8-4-3-6-15(19)2/h3-4,6,8,10-12H,5,7,9,13H2,1-2H3,(H,25,30)(H,26,29). The number of benzene rings is 2. The van der Waals surface area contributed by atoms with E-state index in [0.29, 0.717) is 16.4 Å². The van der Waals surface area contributed by atoms with Gasteiger partial charge in [0.25, 0.3) is 5.91 Å². The third kappa shape index (κ3) is 3.96. The number of carbonyl (C=O) groups is 2. The molecule has 1 aliphatic rings. The number of anilines is 1. The third-order valence-corrected chi connectivity index (χ3v) is 5.61. The molecule has 0 saturated heterocycles. The molecule has 7 heteroatoms. The van der Waals surface area contributed by atoms with E-state index < -0.39 is 0 Å². The Kier molecular flexibility index (Phi) is 5.59. The lowest BCUT2D eigenvalue weighted by molar-refractivity contribution is -0.115. The van der Waals surface area contributed by atoms with Crippen molar-refractivity contribution in [3.8, 4) is 5.69 Å². The van der Waals surface area contributed by atoms with E-state index in [9.17, 15) is 9.59 Å². The van der Waals surface area contributed by atoms with Gasteiger partial charge < -0.3 is 10.6 Å². The molecule has 1 heterocycles. The summed E-state index contributed by atoms with van der Waals surface area (Å²) in [5, 5.41) is 10.5. The summed E-state index contributed by atoms with van der Waals surface area (Å²) in [4.78, 5) is 25.1. The molecular formula is C23H23ClN4O2. The van der Waals surface area contributed by atoms with Crippen LogP contribution in [0.5, 0.6) is 0 Å². The van der Waals surface area contributed by atoms with Gasteiger partial charge in [0.1, 0.15) is 0 Å². The lowest BCUT2D eigenvalue weighted by Crippen LogP contribution is -2.33. The highest BCUT2D eigenvalue weighted by Gasteiger charge is 2.27. The van der Waals surface area contributed by atoms with Gasteiger partial charge in [0, 0.05) is 11.3 Å². The van der Waals surface area contributed by atoms with E-state index in [1.807, 2.05) is 48.9 Å². The van der Waals surface area contributed by atoms with Crippen LogP contribution in [0.1, 0.15) is 39.3 Å². The molecule has 2 amide bonds. The summed E-state index contributed by atoms with van der Waals surface area (Å²) in [5.74, 6) is -0.685. The van der Waals surface area contributed by atoms with Gasteiger partial charge in [-0.3, -0.25) is 9.59 Å². The average Bonchev–Trinajstić information content (AvgIpc) is 3.32. The fraction of sp³-hybridized carbons (Fsp3) is 0.261. The molecule has 1 aliphatic carbocycles. The van der Waals surface area contributed by atoms with Crippen molar-refractivity contribution >= 4 is 29.1 Å². The Hall–Kier alpha value is -3.12. The van der Waals surface area contributed by atoms with Gasteiger partial charge >= 0.3 is 0 Å². The maximum absolute atomic E-state index is 12.8. The maximum atomic E-state index is 12.8. The fourth-order valence-corrected chi connectivity index (χ4v) is 4.06. The topological polar surface area (TPSA) is 76.0 Å². The van der Waals surface area contributed by atoms with Crippen LogP contribution < -0.4 is 10.6 Å². The Morgan fingerprint density at radius 3 is 2.70 bits per heavy atom. The molecule has 6 nitrogen and oxygen atoms in total. The summed E-state index contributed by atoms with van der Waals surface area (Å²) in [6.45, 7) is 3.79. The minimum Gasteiger partial charge on any atom is -0.342 e. The predicted octanol–water partition coefficient (Wildman–Crippen LogP) is 4.00. The van der Waals surface area contributed by atoms with Crippen molar-refractivity contribution in [3.63, 3.8) is 0 Å². The summed E-state index contributed by atoms with van der Waals surface area (Å²) in [6.07, 6.45) is 2.69. The van der Waals surface area contributed by atoms with Crippen molar-refractivity contribution in [2.75, 3.05) is 11.9 Å². The Balaban J connectivity index is 1.48. The number of halogens is 1. The molecule has 2 aromatic carbocycles. The van der Waals surface area contributed by atoms with Crippen LogP contribution in [0.4, 0.5) is 5.69 Å². The first-order chi connectivity index (χ1) is 14.4. The Morgan fingerprint density at radius 1 is 1.13 bits per heavy atom. The minimum atomic E-state index is -0.343. The Morgan fingerprint density at radius 2 is 1.93 bits per heavy atom. The van der Waals surface area contributed by atoms with Crippen LogP contribution >= 0.6 is 11.6 Å². The molecule has 2 N–H and O–H groups in total. The molecule has 30 heavy (non-hydrogen) atoms. The zero-order valence-corrected chi connectivity index (χ0v) is 17.7. The minimum absolute atomic E-state index is 0.158. The Bertz CT molecular complexity index is 1140. The second-order valence-electron chi connectivity index (χ2n) is 7.54. The number of hydrogen-bond acceptors (Lipinski definition) is 3. The van der Waals surface area contributed by atoms with Crippen LogP contribution in [0.3, 0.4) is 0 Å². The molecule has 0 atom stereocenters. The van der Waals surface area contributed by atoms with E-state index in [4.69, 9.17) is 11.6 Å². The van der Waals surface area contributed by atoms with Gasteiger partial charge in [0.15, 0.2) is 5.69 Å². The van der Waals surface area contributed by atoms with Gasteiger partial charge in [-0.25, -0.2) is 4.68 Å². The average molecular weight is 423 g/mol. The number of fused-ring (bicyclic) bond motifs is 1. The first-order valence-corrected chi connectivity index (χ1v) is 10.3. The van der Waals surface area contributed by atoms with Crippen LogP contribution in [0, 0.1) is 13.8 Å². The quantitative estimate of drug-likeness (QED) is 0.652. The Labute approximate surface area is 180 Å². The summed E-state index contributed by atoms with van der Waals surface area (Å²) in [5.41, 5.74) is 6.03. The van der Waals surface area contributed by atoms with Gasteiger partial charge in [-0.2, -0.15) is 5.10 Å². The van der Waals surface area contributed by atoms with E-state index in [1.54, 1.807) is 12.1 Å². The molecule has 0 bridgehead atoms. The second kappa shape index (κ2) is 8.32. The fourth-order valence-electron chi connectivity index (χ4n) is 3.78. The van der Waals surface area contributed by atoms with Crippen molar-refractivity contribution in [3.05, 3.63) is 75.6 Å². The largest absolute Gasteiger partial charge is 0.342 e. The number of aromatic nitrogens is 2. The normalized spacial score (nSPS) is 12.5. The van der Waals surface area contributed by atoms with Crippen LogP contribution in [0.25, 0.3) is 5.69 Å². The van der Waals surface area contributed by atoms with Gasteiger partial charge in [-0.15, -0.1) is 0 Å². The van der Waals surface area contributed by atoms with Crippen molar-refractivity contribution in [1.29, 1.82) is 0 Å². The first-order valence-electron chi connectivity index (χ1n) is 9.95. The van der Waals surface area contributed by atoms with E-state index in [2.05, 4.69) is 15.7 Å². The number of carbonyl (C=O) groups excluding carboxylic acids is 2. The summed E-state index contributed by atoms with van der Waals surface area (Å²) in [6, 6.07) is 13.4. The van der Waals surface area contributed by atoms with E-state index in [-0.39, 0.29) is 18.4 Å². The smallest absolute Gasteiger partial charge is 0.272 e. The van der Waals surface area contributed by atoms with Crippen molar-refractivity contribution in [2.24, 2.45) is 0 Å². The van der Waals surface area contributed by atoms with Gasteiger partial charge in [0.05, 0.1) is 22.9 Å². The van der Waals surface area contributed by atoms with Gasteiger partial charge in [-0.1, -0.05) is 35.9 Å². The molecule has 3 aromatic rings. The zero-order valence-electron chi connectivity index (χ0n) is 17.0. The number of amides is 2. The molecule has 0 spiro atoms. The lowest BCUT2D eigenvalue weighted by Gasteiger charge is -2.09. The van der Waals surface area contributed by atoms with Crippen LogP contribution in [-0.4, -0.2) is 28.1 Å². The van der Waals surface area contributed by atoms with Crippen molar-refractivity contribution in [1.82, 2.24) is 15.1 Å². The first kappa shape index (κ1) is 20.2. The van der Waals surface area contributed by atoms with E-state index in [0.717, 1.165) is 47.3 Å². The maximum Gasteiger partial charge on any atom is 0.272 e. The second-order valence-corrected chi connectivity index (χ2v) is 7.95. The van der Waals surface area contributed by atoms with Crippen LogP contribution in [-0.2, 0) is 17.6 Å². The lowest BCUT2D eigenvalue weighted by atomic mass is 10.2. The molecule has 0 fully saturated rings. The van der Waals surface area contributed by atoms with Crippen molar-refractivity contribution in [2.45, 2.75) is 33.1 Å². The van der Waals surface area contributed by atoms with E-state index >= 15 is 0 Å². The number of para-hydroxylation sites is 1. The number of hydrogen-bond donors (Lipinski definition) is 2. The molecule has 0 aliphatic heterocycles. The molecule has 1 aromatic heterocycles. The highest BCUT2D eigenvalue weighted by molar-refractivity contribution is 6.33. The number of rotatable bonds is 5. The molecule has 0 unspecified atom stereocenters. The molecule has 0 saturated carbocycles. The van der Waals surface area contributed by atoms with Gasteiger partial charge in [0.2, 0.25) is 5.91 Å². The summed E-state index contributed by atoms with van der Waals surface area (Å²) in [7, 11) is 0. The number of nitrogens with one attached hydrogen (secondary N) is 2. The highest BCUT2D eigenvalue weighted by atomic mass is 35.5. The van der Waals surface area contributed by atoms with Crippen LogP contribution in [0.15, 0.2) is 42.5 Å². The monoisotopic (exact) mass is 422 g/mol. The van der Waals surface area contributed by atoms with Crippen molar-refractivity contribution < 1.29 is 9.59 Å². The molecule has 154 valence electrons. The summed E-state index contributed by atoms with van der Waals surface area (Å²) < 4.78 is 1.87. The zero-order chi connectivity index (χ0) is 21.3. The van der Waals surface area contributed by atoms with Gasteiger partial charge in [-0.05, 0) is 62.4 Å². The molecule has 4 rings (SSSR count). The predicted molar refractivity (Wildman–Crippen MR) is 117 cm³/mol.